The normalized spacial score (nSPS) is 19.7. The van der Waals surface area contributed by atoms with Crippen molar-refractivity contribution in [1.82, 2.24) is 14.6 Å². The van der Waals surface area contributed by atoms with Crippen molar-refractivity contribution in [1.29, 1.82) is 0 Å². The van der Waals surface area contributed by atoms with Crippen LogP contribution in [0, 0.1) is 5.92 Å². The Bertz CT molecular complexity index is 551. The van der Waals surface area contributed by atoms with E-state index in [9.17, 15) is 8.42 Å². The monoisotopic (exact) mass is 312 g/mol. The van der Waals surface area contributed by atoms with Crippen LogP contribution in [-0.4, -0.2) is 58.5 Å². The summed E-state index contributed by atoms with van der Waals surface area (Å²) < 4.78 is 25.2. The van der Waals surface area contributed by atoms with Crippen LogP contribution in [0.5, 0.6) is 0 Å². The summed E-state index contributed by atoms with van der Waals surface area (Å²) in [6, 6.07) is 3.39. The predicted octanol–water partition coefficient (Wildman–Crippen LogP) is 0.768. The van der Waals surface area contributed by atoms with Crippen molar-refractivity contribution >= 4 is 15.8 Å². The van der Waals surface area contributed by atoms with Gasteiger partial charge >= 0.3 is 0 Å². The van der Waals surface area contributed by atoms with E-state index in [2.05, 4.69) is 15.2 Å². The van der Waals surface area contributed by atoms with Crippen LogP contribution in [-0.2, 0) is 10.0 Å². The zero-order chi connectivity index (χ0) is 15.5. The molecule has 1 aromatic heterocycles. The maximum absolute atomic E-state index is 12.0. The SMILES string of the molecule is CN(CC1CCCNC1)c1ccc(S(=O)(=O)N(C)C)cn1. The van der Waals surface area contributed by atoms with E-state index in [4.69, 9.17) is 0 Å². The highest BCUT2D eigenvalue weighted by Crippen LogP contribution is 2.18. The molecule has 1 aliphatic rings. The maximum Gasteiger partial charge on any atom is 0.244 e. The first-order chi connectivity index (χ1) is 9.91. The fourth-order valence-corrected chi connectivity index (χ4v) is 3.37. The number of anilines is 1. The molecule has 0 spiro atoms. The van der Waals surface area contributed by atoms with Gasteiger partial charge in [0.2, 0.25) is 10.0 Å². The second-order valence-electron chi connectivity index (χ2n) is 5.73. The molecular weight excluding hydrogens is 288 g/mol. The van der Waals surface area contributed by atoms with Crippen molar-refractivity contribution in [2.24, 2.45) is 5.92 Å². The lowest BCUT2D eigenvalue weighted by Crippen LogP contribution is -2.37. The molecule has 1 N–H and O–H groups in total. The molecule has 2 heterocycles. The quantitative estimate of drug-likeness (QED) is 0.870. The van der Waals surface area contributed by atoms with Gasteiger partial charge in [0.25, 0.3) is 0 Å². The number of aromatic nitrogens is 1. The molecular formula is C14H24N4O2S. The summed E-state index contributed by atoms with van der Waals surface area (Å²) in [6.45, 7) is 3.08. The number of hydrogen-bond acceptors (Lipinski definition) is 5. The molecule has 118 valence electrons. The Morgan fingerprint density at radius 3 is 2.62 bits per heavy atom. The molecule has 0 saturated carbocycles. The number of piperidine rings is 1. The number of sulfonamides is 1. The summed E-state index contributed by atoms with van der Waals surface area (Å²) in [7, 11) is 1.63. The first kappa shape index (κ1) is 16.2. The topological polar surface area (TPSA) is 65.5 Å². The van der Waals surface area contributed by atoms with Crippen molar-refractivity contribution in [2.45, 2.75) is 17.7 Å². The number of rotatable bonds is 5. The Balaban J connectivity index is 2.04. The first-order valence-electron chi connectivity index (χ1n) is 7.21. The zero-order valence-corrected chi connectivity index (χ0v) is 13.7. The highest BCUT2D eigenvalue weighted by atomic mass is 32.2. The molecule has 1 unspecified atom stereocenters. The van der Waals surface area contributed by atoms with Crippen LogP contribution in [0.2, 0.25) is 0 Å². The van der Waals surface area contributed by atoms with Gasteiger partial charge in [0.05, 0.1) is 0 Å². The highest BCUT2D eigenvalue weighted by molar-refractivity contribution is 7.89. The molecule has 1 aromatic rings. The number of pyridine rings is 1. The molecule has 1 atom stereocenters. The van der Waals surface area contributed by atoms with Crippen LogP contribution < -0.4 is 10.2 Å². The van der Waals surface area contributed by atoms with Gasteiger partial charge in [-0.1, -0.05) is 0 Å². The zero-order valence-electron chi connectivity index (χ0n) is 12.9. The van der Waals surface area contributed by atoms with Crippen molar-refractivity contribution in [3.63, 3.8) is 0 Å². The molecule has 0 amide bonds. The Morgan fingerprint density at radius 1 is 1.33 bits per heavy atom. The average Bonchev–Trinajstić information content (AvgIpc) is 2.48. The summed E-state index contributed by atoms with van der Waals surface area (Å²) in [5.41, 5.74) is 0. The Kier molecular flexibility index (Phi) is 5.18. The minimum atomic E-state index is -3.40. The van der Waals surface area contributed by atoms with E-state index in [-0.39, 0.29) is 4.90 Å². The van der Waals surface area contributed by atoms with Gasteiger partial charge in [-0.25, -0.2) is 17.7 Å². The second kappa shape index (κ2) is 6.72. The van der Waals surface area contributed by atoms with Crippen molar-refractivity contribution in [3.8, 4) is 0 Å². The maximum atomic E-state index is 12.0. The molecule has 0 radical (unpaired) electrons. The third-order valence-electron chi connectivity index (χ3n) is 3.82. The molecule has 0 aromatic carbocycles. The van der Waals surface area contributed by atoms with Crippen LogP contribution >= 0.6 is 0 Å². The molecule has 1 aliphatic heterocycles. The van der Waals surface area contributed by atoms with Gasteiger partial charge < -0.3 is 10.2 Å². The smallest absolute Gasteiger partial charge is 0.244 e. The van der Waals surface area contributed by atoms with Gasteiger partial charge in [0, 0.05) is 33.9 Å². The molecule has 0 bridgehead atoms. The summed E-state index contributed by atoms with van der Waals surface area (Å²) in [5.74, 6) is 1.43. The van der Waals surface area contributed by atoms with Crippen LogP contribution in [0.15, 0.2) is 23.2 Å². The van der Waals surface area contributed by atoms with Gasteiger partial charge in [-0.2, -0.15) is 0 Å². The second-order valence-corrected chi connectivity index (χ2v) is 7.88. The molecule has 1 fully saturated rings. The van der Waals surface area contributed by atoms with Gasteiger partial charge in [-0.3, -0.25) is 0 Å². The van der Waals surface area contributed by atoms with Crippen LogP contribution in [0.3, 0.4) is 0 Å². The lowest BCUT2D eigenvalue weighted by Gasteiger charge is -2.28. The van der Waals surface area contributed by atoms with E-state index >= 15 is 0 Å². The van der Waals surface area contributed by atoms with E-state index in [1.54, 1.807) is 12.1 Å². The highest BCUT2D eigenvalue weighted by Gasteiger charge is 2.19. The fraction of sp³-hybridized carbons (Fsp3) is 0.643. The fourth-order valence-electron chi connectivity index (χ4n) is 2.52. The average molecular weight is 312 g/mol. The lowest BCUT2D eigenvalue weighted by molar-refractivity contribution is 0.380. The Morgan fingerprint density at radius 2 is 2.10 bits per heavy atom. The number of nitrogens with zero attached hydrogens (tertiary/aromatic N) is 3. The first-order valence-corrected chi connectivity index (χ1v) is 8.65. The van der Waals surface area contributed by atoms with Gasteiger partial charge in [-0.05, 0) is 44.0 Å². The summed E-state index contributed by atoms with van der Waals surface area (Å²) >= 11 is 0. The number of nitrogens with one attached hydrogen (secondary N) is 1. The molecule has 1 saturated heterocycles. The summed E-state index contributed by atoms with van der Waals surface area (Å²) in [5, 5.41) is 3.40. The summed E-state index contributed by atoms with van der Waals surface area (Å²) in [4.78, 5) is 6.61. The standard InChI is InChI=1S/C14H24N4O2S/c1-17(2)21(19,20)13-6-7-14(16-10-13)18(3)11-12-5-4-8-15-9-12/h6-7,10,12,15H,4-5,8-9,11H2,1-3H3. The van der Waals surface area contributed by atoms with E-state index in [0.29, 0.717) is 5.92 Å². The van der Waals surface area contributed by atoms with Crippen molar-refractivity contribution in [3.05, 3.63) is 18.3 Å². The third kappa shape index (κ3) is 3.93. The molecule has 21 heavy (non-hydrogen) atoms. The largest absolute Gasteiger partial charge is 0.359 e. The van der Waals surface area contributed by atoms with Crippen molar-refractivity contribution in [2.75, 3.05) is 45.7 Å². The van der Waals surface area contributed by atoms with Gasteiger partial charge in [0.15, 0.2) is 0 Å². The predicted molar refractivity (Wildman–Crippen MR) is 84.0 cm³/mol. The van der Waals surface area contributed by atoms with Crippen LogP contribution in [0.4, 0.5) is 5.82 Å². The minimum Gasteiger partial charge on any atom is -0.359 e. The van der Waals surface area contributed by atoms with E-state index in [1.807, 2.05) is 7.05 Å². The van der Waals surface area contributed by atoms with E-state index in [0.717, 1.165) is 25.5 Å². The van der Waals surface area contributed by atoms with Crippen molar-refractivity contribution < 1.29 is 8.42 Å². The minimum absolute atomic E-state index is 0.226. The van der Waals surface area contributed by atoms with E-state index in [1.165, 1.54) is 37.4 Å². The molecule has 0 aliphatic carbocycles. The molecule has 2 rings (SSSR count). The van der Waals surface area contributed by atoms with Gasteiger partial charge in [0.1, 0.15) is 10.7 Å². The number of hydrogen-bond donors (Lipinski definition) is 1. The lowest BCUT2D eigenvalue weighted by atomic mass is 9.99. The van der Waals surface area contributed by atoms with Gasteiger partial charge in [-0.15, -0.1) is 0 Å². The molecule has 7 heteroatoms. The summed E-state index contributed by atoms with van der Waals surface area (Å²) in [6.07, 6.45) is 3.87. The Labute approximate surface area is 127 Å². The van der Waals surface area contributed by atoms with Crippen LogP contribution in [0.25, 0.3) is 0 Å². The van der Waals surface area contributed by atoms with Crippen LogP contribution in [0.1, 0.15) is 12.8 Å². The Hall–Kier alpha value is -1.18. The van der Waals surface area contributed by atoms with E-state index < -0.39 is 10.0 Å². The molecule has 6 nitrogen and oxygen atoms in total. The third-order valence-corrected chi connectivity index (χ3v) is 5.62.